The van der Waals surface area contributed by atoms with Crippen molar-refractivity contribution >= 4 is 16.8 Å². The number of hydrogen-bond acceptors (Lipinski definition) is 3. The number of carbonyl (C=O) groups excluding carboxylic acids is 1. The molecule has 110 valence electrons. The quantitative estimate of drug-likeness (QED) is 0.938. The number of benzene rings is 1. The van der Waals surface area contributed by atoms with Crippen LogP contribution in [0.1, 0.15) is 32.1 Å². The van der Waals surface area contributed by atoms with E-state index in [1.54, 1.807) is 6.20 Å². The Hall–Kier alpha value is -2.10. The van der Waals surface area contributed by atoms with Gasteiger partial charge in [0, 0.05) is 17.6 Å². The molecule has 1 N–H and O–H groups in total. The fraction of sp³-hybridized carbons (Fsp3) is 0.412. The molecule has 3 rings (SSSR count). The highest BCUT2D eigenvalue weighted by atomic mass is 16.5. The van der Waals surface area contributed by atoms with Gasteiger partial charge in [-0.15, -0.1) is 0 Å². The van der Waals surface area contributed by atoms with E-state index in [1.165, 1.54) is 19.3 Å². The van der Waals surface area contributed by atoms with E-state index in [0.717, 1.165) is 23.7 Å². The second-order valence-corrected chi connectivity index (χ2v) is 5.55. The lowest BCUT2D eigenvalue weighted by Gasteiger charge is -2.22. The van der Waals surface area contributed by atoms with Gasteiger partial charge in [0.25, 0.3) is 5.91 Å². The first-order valence-electron chi connectivity index (χ1n) is 7.58. The van der Waals surface area contributed by atoms with Gasteiger partial charge in [-0.25, -0.2) is 0 Å². The maximum absolute atomic E-state index is 11.9. The highest BCUT2D eigenvalue weighted by Gasteiger charge is 2.15. The van der Waals surface area contributed by atoms with Crippen LogP contribution in [0.25, 0.3) is 10.9 Å². The van der Waals surface area contributed by atoms with E-state index in [4.69, 9.17) is 4.74 Å². The molecule has 0 saturated heterocycles. The SMILES string of the molecule is O=C(COc1ccc2ncccc2c1)NC1CCCCC1. The van der Waals surface area contributed by atoms with Gasteiger partial charge in [-0.1, -0.05) is 25.3 Å². The van der Waals surface area contributed by atoms with Crippen LogP contribution >= 0.6 is 0 Å². The summed E-state index contributed by atoms with van der Waals surface area (Å²) < 4.78 is 5.58. The topological polar surface area (TPSA) is 51.2 Å². The molecule has 4 nitrogen and oxygen atoms in total. The largest absolute Gasteiger partial charge is 0.484 e. The van der Waals surface area contributed by atoms with Crippen LogP contribution in [0.5, 0.6) is 5.75 Å². The molecule has 21 heavy (non-hydrogen) atoms. The molecule has 4 heteroatoms. The summed E-state index contributed by atoms with van der Waals surface area (Å²) in [6, 6.07) is 9.87. The van der Waals surface area contributed by atoms with Gasteiger partial charge in [0.2, 0.25) is 0 Å². The first-order valence-corrected chi connectivity index (χ1v) is 7.58. The Balaban J connectivity index is 1.54. The fourth-order valence-electron chi connectivity index (χ4n) is 2.81. The number of ether oxygens (including phenoxy) is 1. The molecule has 0 aliphatic heterocycles. The van der Waals surface area contributed by atoms with Crippen molar-refractivity contribution in [1.82, 2.24) is 10.3 Å². The Morgan fingerprint density at radius 2 is 2.10 bits per heavy atom. The van der Waals surface area contributed by atoms with Crippen LogP contribution in [0.4, 0.5) is 0 Å². The summed E-state index contributed by atoms with van der Waals surface area (Å²) in [7, 11) is 0. The number of aromatic nitrogens is 1. The Bertz CT molecular complexity index is 621. The molecule has 1 aliphatic rings. The second kappa shape index (κ2) is 6.57. The molecule has 0 spiro atoms. The van der Waals surface area contributed by atoms with Gasteiger partial charge in [0.05, 0.1) is 5.52 Å². The number of amides is 1. The predicted octanol–water partition coefficient (Wildman–Crippen LogP) is 3.06. The van der Waals surface area contributed by atoms with Crippen LogP contribution < -0.4 is 10.1 Å². The minimum absolute atomic E-state index is 0.0341. The third-order valence-corrected chi connectivity index (χ3v) is 3.91. The summed E-state index contributed by atoms with van der Waals surface area (Å²) in [5.41, 5.74) is 0.927. The Labute approximate surface area is 124 Å². The van der Waals surface area contributed by atoms with Crippen molar-refractivity contribution in [1.29, 1.82) is 0 Å². The van der Waals surface area contributed by atoms with Crippen molar-refractivity contribution in [2.75, 3.05) is 6.61 Å². The van der Waals surface area contributed by atoms with Gasteiger partial charge in [-0.2, -0.15) is 0 Å². The van der Waals surface area contributed by atoms with Crippen LogP contribution in [-0.2, 0) is 4.79 Å². The normalized spacial score (nSPS) is 15.8. The minimum atomic E-state index is -0.0341. The highest BCUT2D eigenvalue weighted by Crippen LogP contribution is 2.19. The van der Waals surface area contributed by atoms with E-state index in [9.17, 15) is 4.79 Å². The molecule has 0 radical (unpaired) electrons. The van der Waals surface area contributed by atoms with E-state index in [-0.39, 0.29) is 12.5 Å². The molecule has 1 aromatic heterocycles. The van der Waals surface area contributed by atoms with Crippen molar-refractivity contribution in [3.8, 4) is 5.75 Å². The van der Waals surface area contributed by atoms with Crippen LogP contribution in [0, 0.1) is 0 Å². The zero-order chi connectivity index (χ0) is 14.5. The molecule has 1 saturated carbocycles. The third kappa shape index (κ3) is 3.72. The summed E-state index contributed by atoms with van der Waals surface area (Å²) in [6.07, 6.45) is 7.65. The Kier molecular flexibility index (Phi) is 4.34. The standard InChI is InChI=1S/C17H20N2O2/c20-17(19-14-6-2-1-3-7-14)12-21-15-8-9-16-13(11-15)5-4-10-18-16/h4-5,8-11,14H,1-3,6-7,12H2,(H,19,20). The van der Waals surface area contributed by atoms with Gasteiger partial charge in [-0.05, 0) is 37.1 Å². The van der Waals surface area contributed by atoms with Gasteiger partial charge < -0.3 is 10.1 Å². The fourth-order valence-corrected chi connectivity index (χ4v) is 2.81. The molecule has 0 unspecified atom stereocenters. The third-order valence-electron chi connectivity index (χ3n) is 3.91. The number of nitrogens with zero attached hydrogens (tertiary/aromatic N) is 1. The molecule has 1 amide bonds. The molecule has 1 fully saturated rings. The molecular weight excluding hydrogens is 264 g/mol. The molecule has 2 aromatic rings. The minimum Gasteiger partial charge on any atom is -0.484 e. The van der Waals surface area contributed by atoms with Crippen molar-refractivity contribution in [3.05, 3.63) is 36.5 Å². The smallest absolute Gasteiger partial charge is 0.258 e. The monoisotopic (exact) mass is 284 g/mol. The zero-order valence-electron chi connectivity index (χ0n) is 12.0. The van der Waals surface area contributed by atoms with Crippen molar-refractivity contribution in [2.45, 2.75) is 38.1 Å². The number of rotatable bonds is 4. The summed E-state index contributed by atoms with van der Waals surface area (Å²) in [5, 5.41) is 4.07. The lowest BCUT2D eigenvalue weighted by molar-refractivity contribution is -0.124. The van der Waals surface area contributed by atoms with Gasteiger partial charge in [-0.3, -0.25) is 9.78 Å². The lowest BCUT2D eigenvalue weighted by atomic mass is 9.95. The number of pyridine rings is 1. The van der Waals surface area contributed by atoms with Gasteiger partial charge in [0.15, 0.2) is 6.61 Å². The Morgan fingerprint density at radius 1 is 1.24 bits per heavy atom. The maximum atomic E-state index is 11.9. The van der Waals surface area contributed by atoms with E-state index in [2.05, 4.69) is 10.3 Å². The van der Waals surface area contributed by atoms with E-state index in [1.807, 2.05) is 30.3 Å². The average molecular weight is 284 g/mol. The summed E-state index contributed by atoms with van der Waals surface area (Å²) in [4.78, 5) is 16.2. The molecule has 0 bridgehead atoms. The molecule has 0 atom stereocenters. The zero-order valence-corrected chi connectivity index (χ0v) is 12.0. The summed E-state index contributed by atoms with van der Waals surface area (Å²) >= 11 is 0. The summed E-state index contributed by atoms with van der Waals surface area (Å²) in [6.45, 7) is 0.0717. The highest BCUT2D eigenvalue weighted by molar-refractivity contribution is 5.80. The molecule has 1 aliphatic carbocycles. The van der Waals surface area contributed by atoms with Gasteiger partial charge in [0.1, 0.15) is 5.75 Å². The number of nitrogens with one attached hydrogen (secondary N) is 1. The first kappa shape index (κ1) is 13.9. The first-order chi connectivity index (χ1) is 10.3. The van der Waals surface area contributed by atoms with Crippen molar-refractivity contribution < 1.29 is 9.53 Å². The Morgan fingerprint density at radius 3 is 2.95 bits per heavy atom. The van der Waals surface area contributed by atoms with Crippen LogP contribution in [0.2, 0.25) is 0 Å². The second-order valence-electron chi connectivity index (χ2n) is 5.55. The van der Waals surface area contributed by atoms with E-state index in [0.29, 0.717) is 11.8 Å². The summed E-state index contributed by atoms with van der Waals surface area (Å²) in [5.74, 6) is 0.669. The van der Waals surface area contributed by atoms with E-state index < -0.39 is 0 Å². The number of carbonyl (C=O) groups is 1. The number of hydrogen-bond donors (Lipinski definition) is 1. The molecule has 1 heterocycles. The van der Waals surface area contributed by atoms with Crippen LogP contribution in [0.15, 0.2) is 36.5 Å². The van der Waals surface area contributed by atoms with Crippen molar-refractivity contribution in [2.24, 2.45) is 0 Å². The van der Waals surface area contributed by atoms with E-state index >= 15 is 0 Å². The average Bonchev–Trinajstić information content (AvgIpc) is 2.54. The predicted molar refractivity (Wildman–Crippen MR) is 82.3 cm³/mol. The maximum Gasteiger partial charge on any atom is 0.258 e. The number of fused-ring (bicyclic) bond motifs is 1. The van der Waals surface area contributed by atoms with Crippen molar-refractivity contribution in [3.63, 3.8) is 0 Å². The van der Waals surface area contributed by atoms with Crippen LogP contribution in [0.3, 0.4) is 0 Å². The lowest BCUT2D eigenvalue weighted by Crippen LogP contribution is -2.38. The van der Waals surface area contributed by atoms with Crippen LogP contribution in [-0.4, -0.2) is 23.5 Å². The molecular formula is C17H20N2O2. The van der Waals surface area contributed by atoms with Gasteiger partial charge >= 0.3 is 0 Å². The molecule has 1 aromatic carbocycles.